The summed E-state index contributed by atoms with van der Waals surface area (Å²) >= 11 is 0. The molecule has 3 heteroatoms. The van der Waals surface area contributed by atoms with Gasteiger partial charge in [-0.25, -0.2) is 0 Å². The molecule has 3 nitrogen and oxygen atoms in total. The summed E-state index contributed by atoms with van der Waals surface area (Å²) in [4.78, 5) is 13.1. The summed E-state index contributed by atoms with van der Waals surface area (Å²) in [6.07, 6.45) is 1.32. The van der Waals surface area contributed by atoms with Gasteiger partial charge in [-0.15, -0.1) is 0 Å². The first-order valence-electron chi connectivity index (χ1n) is 6.55. The fourth-order valence-electron chi connectivity index (χ4n) is 2.69. The molecule has 1 unspecified atom stereocenters. The van der Waals surface area contributed by atoms with Crippen LogP contribution in [0.2, 0.25) is 0 Å². The van der Waals surface area contributed by atoms with Crippen molar-refractivity contribution in [1.82, 2.24) is 4.90 Å². The van der Waals surface area contributed by atoms with Gasteiger partial charge in [-0.3, -0.25) is 9.69 Å². The minimum atomic E-state index is -0.673. The van der Waals surface area contributed by atoms with Crippen LogP contribution in [0.25, 0.3) is 0 Å². The average molecular weight is 247 g/mol. The Morgan fingerprint density at radius 3 is 2.94 bits per heavy atom. The van der Waals surface area contributed by atoms with Gasteiger partial charge in [0.1, 0.15) is 0 Å². The molecule has 1 aliphatic heterocycles. The van der Waals surface area contributed by atoms with Crippen LogP contribution in [0.15, 0.2) is 18.2 Å². The molecule has 0 aliphatic carbocycles. The number of benzene rings is 1. The van der Waals surface area contributed by atoms with Crippen LogP contribution in [0, 0.1) is 19.8 Å². The van der Waals surface area contributed by atoms with Crippen molar-refractivity contribution >= 4 is 5.97 Å². The Morgan fingerprint density at radius 1 is 1.44 bits per heavy atom. The van der Waals surface area contributed by atoms with Gasteiger partial charge in [0.25, 0.3) is 0 Å². The van der Waals surface area contributed by atoms with Gasteiger partial charge >= 0.3 is 5.97 Å². The molecular formula is C15H21NO2. The van der Waals surface area contributed by atoms with Crippen LogP contribution in [0.5, 0.6) is 0 Å². The van der Waals surface area contributed by atoms with E-state index in [0.717, 1.165) is 26.1 Å². The molecule has 2 rings (SSSR count). The molecule has 0 aromatic heterocycles. The molecule has 0 amide bonds. The SMILES string of the molecule is Cc1cccc(CN2CCC(CC(=O)O)C2)c1C. The maximum atomic E-state index is 10.7. The van der Waals surface area contributed by atoms with Gasteiger partial charge in [0, 0.05) is 19.5 Å². The van der Waals surface area contributed by atoms with Crippen molar-refractivity contribution in [2.24, 2.45) is 5.92 Å². The number of nitrogens with zero attached hydrogens (tertiary/aromatic N) is 1. The second-order valence-electron chi connectivity index (χ2n) is 5.35. The summed E-state index contributed by atoms with van der Waals surface area (Å²) in [5.41, 5.74) is 4.05. The van der Waals surface area contributed by atoms with Crippen LogP contribution >= 0.6 is 0 Å². The Balaban J connectivity index is 1.95. The molecule has 0 bridgehead atoms. The van der Waals surface area contributed by atoms with E-state index in [2.05, 4.69) is 36.9 Å². The van der Waals surface area contributed by atoms with Crippen LogP contribution < -0.4 is 0 Å². The zero-order chi connectivity index (χ0) is 13.1. The molecule has 1 aromatic rings. The Morgan fingerprint density at radius 2 is 2.22 bits per heavy atom. The first-order chi connectivity index (χ1) is 8.56. The topological polar surface area (TPSA) is 40.5 Å². The van der Waals surface area contributed by atoms with Crippen molar-refractivity contribution in [1.29, 1.82) is 0 Å². The quantitative estimate of drug-likeness (QED) is 0.889. The predicted octanol–water partition coefficient (Wildman–Crippen LogP) is 2.60. The molecule has 1 heterocycles. The number of aliphatic carboxylic acids is 1. The Labute approximate surface area is 108 Å². The Hall–Kier alpha value is -1.35. The molecular weight excluding hydrogens is 226 g/mol. The van der Waals surface area contributed by atoms with Gasteiger partial charge in [-0.1, -0.05) is 18.2 Å². The summed E-state index contributed by atoms with van der Waals surface area (Å²) in [6, 6.07) is 6.41. The summed E-state index contributed by atoms with van der Waals surface area (Å²) in [5.74, 6) is -0.346. The maximum absolute atomic E-state index is 10.7. The Bertz CT molecular complexity index is 442. The van der Waals surface area contributed by atoms with Gasteiger partial charge < -0.3 is 5.11 Å². The molecule has 1 N–H and O–H groups in total. The molecule has 1 aliphatic rings. The highest BCUT2D eigenvalue weighted by molar-refractivity contribution is 5.67. The van der Waals surface area contributed by atoms with Crippen molar-refractivity contribution in [2.75, 3.05) is 13.1 Å². The van der Waals surface area contributed by atoms with E-state index < -0.39 is 5.97 Å². The number of carbonyl (C=O) groups is 1. The number of hydrogen-bond acceptors (Lipinski definition) is 2. The average Bonchev–Trinajstić information content (AvgIpc) is 2.71. The number of carboxylic acid groups (broad SMARTS) is 1. The Kier molecular flexibility index (Phi) is 4.02. The van der Waals surface area contributed by atoms with Gasteiger partial charge in [0.05, 0.1) is 0 Å². The third-order valence-electron chi connectivity index (χ3n) is 3.94. The summed E-state index contributed by atoms with van der Waals surface area (Å²) < 4.78 is 0. The standard InChI is InChI=1S/C15H21NO2/c1-11-4-3-5-14(12(11)2)10-16-7-6-13(9-16)8-15(17)18/h3-5,13H,6-10H2,1-2H3,(H,17,18). The molecule has 18 heavy (non-hydrogen) atoms. The van der Waals surface area contributed by atoms with Crippen LogP contribution in [-0.2, 0) is 11.3 Å². The fourth-order valence-corrected chi connectivity index (χ4v) is 2.69. The monoisotopic (exact) mass is 247 g/mol. The van der Waals surface area contributed by atoms with E-state index in [9.17, 15) is 4.79 Å². The van der Waals surface area contributed by atoms with Crippen molar-refractivity contribution in [2.45, 2.75) is 33.2 Å². The highest BCUT2D eigenvalue weighted by atomic mass is 16.4. The first-order valence-corrected chi connectivity index (χ1v) is 6.55. The number of carboxylic acids is 1. The van der Waals surface area contributed by atoms with Gasteiger partial charge in [-0.2, -0.15) is 0 Å². The van der Waals surface area contributed by atoms with Crippen molar-refractivity contribution < 1.29 is 9.90 Å². The normalized spacial score (nSPS) is 20.2. The molecule has 0 radical (unpaired) electrons. The third kappa shape index (κ3) is 3.10. The third-order valence-corrected chi connectivity index (χ3v) is 3.94. The highest BCUT2D eigenvalue weighted by Gasteiger charge is 2.24. The zero-order valence-corrected chi connectivity index (χ0v) is 11.1. The smallest absolute Gasteiger partial charge is 0.303 e. The van der Waals surface area contributed by atoms with Crippen LogP contribution in [-0.4, -0.2) is 29.1 Å². The van der Waals surface area contributed by atoms with E-state index >= 15 is 0 Å². The lowest BCUT2D eigenvalue weighted by Gasteiger charge is -2.18. The molecule has 0 spiro atoms. The van der Waals surface area contributed by atoms with E-state index in [0.29, 0.717) is 12.3 Å². The highest BCUT2D eigenvalue weighted by Crippen LogP contribution is 2.23. The van der Waals surface area contributed by atoms with Gasteiger partial charge in [0.2, 0.25) is 0 Å². The fraction of sp³-hybridized carbons (Fsp3) is 0.533. The number of likely N-dealkylation sites (tertiary alicyclic amines) is 1. The molecule has 98 valence electrons. The minimum absolute atomic E-state index is 0.309. The van der Waals surface area contributed by atoms with Crippen molar-refractivity contribution in [3.05, 3.63) is 34.9 Å². The summed E-state index contributed by atoms with van der Waals surface area (Å²) in [5, 5.41) is 8.81. The number of hydrogen-bond donors (Lipinski definition) is 1. The van der Waals surface area contributed by atoms with E-state index in [1.165, 1.54) is 16.7 Å². The summed E-state index contributed by atoms with van der Waals surface area (Å²) in [7, 11) is 0. The molecule has 1 saturated heterocycles. The van der Waals surface area contributed by atoms with E-state index in [1.807, 2.05) is 0 Å². The van der Waals surface area contributed by atoms with Crippen LogP contribution in [0.1, 0.15) is 29.5 Å². The first kappa shape index (κ1) is 13.1. The lowest BCUT2D eigenvalue weighted by atomic mass is 10.0. The number of aryl methyl sites for hydroxylation is 1. The zero-order valence-electron chi connectivity index (χ0n) is 11.1. The second-order valence-corrected chi connectivity index (χ2v) is 5.35. The minimum Gasteiger partial charge on any atom is -0.481 e. The van der Waals surface area contributed by atoms with Crippen LogP contribution in [0.4, 0.5) is 0 Å². The van der Waals surface area contributed by atoms with Gasteiger partial charge in [-0.05, 0) is 49.4 Å². The predicted molar refractivity (Wildman–Crippen MR) is 71.6 cm³/mol. The van der Waals surface area contributed by atoms with Gasteiger partial charge in [0.15, 0.2) is 0 Å². The van der Waals surface area contributed by atoms with E-state index in [-0.39, 0.29) is 0 Å². The van der Waals surface area contributed by atoms with Crippen LogP contribution in [0.3, 0.4) is 0 Å². The largest absolute Gasteiger partial charge is 0.481 e. The molecule has 1 atom stereocenters. The lowest BCUT2D eigenvalue weighted by Crippen LogP contribution is -2.21. The van der Waals surface area contributed by atoms with Crippen molar-refractivity contribution in [3.63, 3.8) is 0 Å². The van der Waals surface area contributed by atoms with Crippen molar-refractivity contribution in [3.8, 4) is 0 Å². The van der Waals surface area contributed by atoms with E-state index in [4.69, 9.17) is 5.11 Å². The van der Waals surface area contributed by atoms with E-state index in [1.54, 1.807) is 0 Å². The summed E-state index contributed by atoms with van der Waals surface area (Å²) in [6.45, 7) is 7.18. The molecule has 0 saturated carbocycles. The number of rotatable bonds is 4. The molecule has 1 fully saturated rings. The lowest BCUT2D eigenvalue weighted by molar-refractivity contribution is -0.138. The second kappa shape index (κ2) is 5.53. The maximum Gasteiger partial charge on any atom is 0.303 e. The molecule has 1 aromatic carbocycles.